The van der Waals surface area contributed by atoms with Crippen molar-refractivity contribution in [1.82, 2.24) is 19.9 Å². The SMILES string of the molecule is NC(=O)Cc1cc(CN2CCOCC2)cc(Nc2ncc3c(F)c(-c4nccs4)ccc3n2)c1. The number of amides is 1. The van der Waals surface area contributed by atoms with Crippen LogP contribution >= 0.6 is 11.3 Å². The van der Waals surface area contributed by atoms with Crippen LogP contribution in [-0.4, -0.2) is 52.1 Å². The number of nitrogens with one attached hydrogen (secondary N) is 1. The summed E-state index contributed by atoms with van der Waals surface area (Å²) in [5, 5.41) is 5.95. The van der Waals surface area contributed by atoms with Gasteiger partial charge in [0.1, 0.15) is 10.8 Å². The van der Waals surface area contributed by atoms with Crippen molar-refractivity contribution in [2.45, 2.75) is 13.0 Å². The van der Waals surface area contributed by atoms with Gasteiger partial charge < -0.3 is 15.8 Å². The maximum absolute atomic E-state index is 15.0. The molecule has 1 aliphatic rings. The van der Waals surface area contributed by atoms with E-state index in [-0.39, 0.29) is 6.42 Å². The maximum atomic E-state index is 15.0. The zero-order chi connectivity index (χ0) is 23.5. The molecule has 10 heteroatoms. The van der Waals surface area contributed by atoms with E-state index in [1.165, 1.54) is 17.5 Å². The van der Waals surface area contributed by atoms with Crippen LogP contribution in [0.3, 0.4) is 0 Å². The van der Waals surface area contributed by atoms with Gasteiger partial charge in [-0.1, -0.05) is 6.07 Å². The molecule has 3 N–H and O–H groups in total. The van der Waals surface area contributed by atoms with Gasteiger partial charge in [0.05, 0.1) is 30.5 Å². The number of carbonyl (C=O) groups is 1. The van der Waals surface area contributed by atoms with E-state index in [9.17, 15) is 4.79 Å². The first-order valence-corrected chi connectivity index (χ1v) is 11.8. The summed E-state index contributed by atoms with van der Waals surface area (Å²) in [6, 6.07) is 9.28. The number of rotatable bonds is 7. The third-order valence-corrected chi connectivity index (χ3v) is 6.37. The predicted molar refractivity (Wildman–Crippen MR) is 129 cm³/mol. The van der Waals surface area contributed by atoms with Gasteiger partial charge in [-0.2, -0.15) is 0 Å². The fourth-order valence-corrected chi connectivity index (χ4v) is 4.69. The van der Waals surface area contributed by atoms with Crippen molar-refractivity contribution in [3.05, 3.63) is 65.0 Å². The number of hydrogen-bond acceptors (Lipinski definition) is 8. The number of carbonyl (C=O) groups excluding carboxylic acids is 1. The van der Waals surface area contributed by atoms with Crippen molar-refractivity contribution in [2.24, 2.45) is 5.73 Å². The number of fused-ring (bicyclic) bond motifs is 1. The molecule has 1 aliphatic heterocycles. The Morgan fingerprint density at radius 1 is 1.18 bits per heavy atom. The molecule has 0 aliphatic carbocycles. The van der Waals surface area contributed by atoms with Gasteiger partial charge in [0.15, 0.2) is 0 Å². The number of thiazole rings is 1. The minimum Gasteiger partial charge on any atom is -0.379 e. The highest BCUT2D eigenvalue weighted by atomic mass is 32.1. The smallest absolute Gasteiger partial charge is 0.227 e. The molecule has 5 rings (SSSR count). The Morgan fingerprint density at radius 2 is 2.00 bits per heavy atom. The molecule has 4 aromatic rings. The van der Waals surface area contributed by atoms with Gasteiger partial charge in [-0.15, -0.1) is 11.3 Å². The van der Waals surface area contributed by atoms with Gasteiger partial charge in [0.25, 0.3) is 0 Å². The van der Waals surface area contributed by atoms with E-state index in [1.54, 1.807) is 18.3 Å². The fraction of sp³-hybridized carbons (Fsp3) is 0.250. The molecule has 1 fully saturated rings. The van der Waals surface area contributed by atoms with Gasteiger partial charge in [0, 0.05) is 48.7 Å². The third kappa shape index (κ3) is 5.04. The number of anilines is 2. The first kappa shape index (κ1) is 22.3. The van der Waals surface area contributed by atoms with Crippen LogP contribution in [0.1, 0.15) is 11.1 Å². The van der Waals surface area contributed by atoms with Crippen LogP contribution in [0.5, 0.6) is 0 Å². The van der Waals surface area contributed by atoms with Gasteiger partial charge in [-0.05, 0) is 35.4 Å². The molecule has 0 atom stereocenters. The van der Waals surface area contributed by atoms with Crippen molar-refractivity contribution in [2.75, 3.05) is 31.6 Å². The largest absolute Gasteiger partial charge is 0.379 e. The standard InChI is InChI=1S/C24H23FN6O2S/c25-22-18(23-27-3-8-34-23)1-2-20-19(22)13-28-24(30-20)29-17-10-15(12-21(26)32)9-16(11-17)14-31-4-6-33-7-5-31/h1-3,8-11,13H,4-7,12,14H2,(H2,26,32)(H,28,29,30). The second-order valence-corrected chi connectivity index (χ2v) is 8.98. The number of hydrogen-bond donors (Lipinski definition) is 2. The van der Waals surface area contributed by atoms with E-state index in [4.69, 9.17) is 10.5 Å². The van der Waals surface area contributed by atoms with Gasteiger partial charge in [-0.3, -0.25) is 9.69 Å². The second kappa shape index (κ2) is 9.80. The van der Waals surface area contributed by atoms with Crippen molar-refractivity contribution >= 4 is 39.8 Å². The molecule has 0 unspecified atom stereocenters. The predicted octanol–water partition coefficient (Wildman–Crippen LogP) is 3.50. The van der Waals surface area contributed by atoms with Crippen molar-refractivity contribution < 1.29 is 13.9 Å². The molecule has 174 valence electrons. The highest BCUT2D eigenvalue weighted by Gasteiger charge is 2.15. The molecule has 1 saturated heterocycles. The Balaban J connectivity index is 1.42. The van der Waals surface area contributed by atoms with Gasteiger partial charge in [0.2, 0.25) is 11.9 Å². The summed E-state index contributed by atoms with van der Waals surface area (Å²) in [6.07, 6.45) is 3.25. The average Bonchev–Trinajstić information content (AvgIpc) is 3.34. The number of halogens is 1. The van der Waals surface area contributed by atoms with Crippen molar-refractivity contribution in [3.63, 3.8) is 0 Å². The molecular weight excluding hydrogens is 455 g/mol. The van der Waals surface area contributed by atoms with E-state index in [0.717, 1.165) is 36.4 Å². The molecule has 0 spiro atoms. The van der Waals surface area contributed by atoms with E-state index >= 15 is 4.39 Å². The Morgan fingerprint density at radius 3 is 2.76 bits per heavy atom. The highest BCUT2D eigenvalue weighted by molar-refractivity contribution is 7.13. The fourth-order valence-electron chi connectivity index (χ4n) is 4.03. The lowest BCUT2D eigenvalue weighted by molar-refractivity contribution is -0.117. The Hall–Kier alpha value is -3.47. The van der Waals surface area contributed by atoms with E-state index in [2.05, 4.69) is 25.2 Å². The van der Waals surface area contributed by atoms with E-state index in [1.807, 2.05) is 23.6 Å². The average molecular weight is 479 g/mol. The summed E-state index contributed by atoms with van der Waals surface area (Å²) >= 11 is 1.38. The molecule has 2 aromatic carbocycles. The Bertz CT molecular complexity index is 1320. The van der Waals surface area contributed by atoms with Crippen LogP contribution in [0.4, 0.5) is 16.0 Å². The van der Waals surface area contributed by atoms with Crippen LogP contribution in [0.15, 0.2) is 48.1 Å². The molecule has 34 heavy (non-hydrogen) atoms. The van der Waals surface area contributed by atoms with Crippen LogP contribution in [0.25, 0.3) is 21.5 Å². The molecule has 2 aromatic heterocycles. The highest BCUT2D eigenvalue weighted by Crippen LogP contribution is 2.30. The molecular formula is C24H23FN6O2S. The van der Waals surface area contributed by atoms with Gasteiger partial charge in [-0.25, -0.2) is 19.3 Å². The maximum Gasteiger partial charge on any atom is 0.227 e. The molecule has 0 saturated carbocycles. The lowest BCUT2D eigenvalue weighted by Gasteiger charge is -2.27. The number of nitrogens with zero attached hydrogens (tertiary/aromatic N) is 4. The minimum absolute atomic E-state index is 0.134. The second-order valence-electron chi connectivity index (χ2n) is 8.09. The summed E-state index contributed by atoms with van der Waals surface area (Å²) in [7, 11) is 0. The van der Waals surface area contributed by atoms with Crippen molar-refractivity contribution in [3.8, 4) is 10.6 Å². The molecule has 0 radical (unpaired) electrons. The van der Waals surface area contributed by atoms with E-state index in [0.29, 0.717) is 40.6 Å². The minimum atomic E-state index is -0.400. The van der Waals surface area contributed by atoms with E-state index < -0.39 is 11.7 Å². The van der Waals surface area contributed by atoms with Crippen LogP contribution in [-0.2, 0) is 22.5 Å². The lowest BCUT2D eigenvalue weighted by Crippen LogP contribution is -2.35. The van der Waals surface area contributed by atoms with Crippen molar-refractivity contribution in [1.29, 1.82) is 0 Å². The molecule has 8 nitrogen and oxygen atoms in total. The Labute approximate surface area is 199 Å². The first-order chi connectivity index (χ1) is 16.5. The molecule has 0 bridgehead atoms. The zero-order valence-electron chi connectivity index (χ0n) is 18.3. The monoisotopic (exact) mass is 478 g/mol. The summed E-state index contributed by atoms with van der Waals surface area (Å²) in [6.45, 7) is 3.85. The summed E-state index contributed by atoms with van der Waals surface area (Å²) in [5.41, 5.74) is 8.94. The zero-order valence-corrected chi connectivity index (χ0v) is 19.1. The first-order valence-electron chi connectivity index (χ1n) is 10.9. The number of primary amides is 1. The summed E-state index contributed by atoms with van der Waals surface area (Å²) in [4.78, 5) is 26.8. The number of morpholine rings is 1. The quantitative estimate of drug-likeness (QED) is 0.419. The summed E-state index contributed by atoms with van der Waals surface area (Å²) in [5.74, 6) is -0.458. The van der Waals surface area contributed by atoms with Crippen LogP contribution in [0, 0.1) is 5.82 Å². The number of nitrogens with two attached hydrogens (primary N) is 1. The lowest BCUT2D eigenvalue weighted by atomic mass is 10.1. The van der Waals surface area contributed by atoms with Gasteiger partial charge >= 0.3 is 0 Å². The van der Waals surface area contributed by atoms with Crippen LogP contribution in [0.2, 0.25) is 0 Å². The van der Waals surface area contributed by atoms with Crippen LogP contribution < -0.4 is 11.1 Å². The molecule has 1 amide bonds. The topological polar surface area (TPSA) is 106 Å². The number of aromatic nitrogens is 3. The molecule has 3 heterocycles. The number of benzene rings is 2. The number of ether oxygens (including phenoxy) is 1. The third-order valence-electron chi connectivity index (χ3n) is 5.56. The normalized spacial score (nSPS) is 14.4. The Kier molecular flexibility index (Phi) is 6.43. The summed E-state index contributed by atoms with van der Waals surface area (Å²) < 4.78 is 20.5.